The van der Waals surface area contributed by atoms with E-state index in [1.807, 2.05) is 6.92 Å². The molecule has 0 aliphatic carbocycles. The van der Waals surface area contributed by atoms with Crippen LogP contribution in [0, 0.1) is 5.41 Å². The summed E-state index contributed by atoms with van der Waals surface area (Å²) in [6.45, 7) is 11.2. The lowest BCUT2D eigenvalue weighted by Crippen LogP contribution is -2.30. The van der Waals surface area contributed by atoms with Crippen molar-refractivity contribution in [2.24, 2.45) is 5.41 Å². The van der Waals surface area contributed by atoms with Crippen LogP contribution in [-0.2, 0) is 4.74 Å². The molecule has 0 aromatic rings. The topological polar surface area (TPSA) is 41.5 Å². The standard InChI is InChI=1S/C11H25NO2/c1-5-12-8-10(13)9-14-7-6-11(2,3)4/h10,12-13H,5-9H2,1-4H3. The van der Waals surface area contributed by atoms with E-state index in [1.165, 1.54) is 0 Å². The number of aliphatic hydroxyl groups is 1. The maximum atomic E-state index is 9.42. The fourth-order valence-corrected chi connectivity index (χ4v) is 0.968. The Labute approximate surface area is 87.8 Å². The van der Waals surface area contributed by atoms with E-state index in [2.05, 4.69) is 26.1 Å². The second kappa shape index (κ2) is 7.21. The van der Waals surface area contributed by atoms with Crippen LogP contribution in [0.25, 0.3) is 0 Å². The Kier molecular flexibility index (Phi) is 7.15. The first kappa shape index (κ1) is 13.9. The molecule has 0 aliphatic heterocycles. The van der Waals surface area contributed by atoms with Gasteiger partial charge in [-0.25, -0.2) is 0 Å². The zero-order valence-electron chi connectivity index (χ0n) is 9.97. The van der Waals surface area contributed by atoms with Crippen molar-refractivity contribution >= 4 is 0 Å². The van der Waals surface area contributed by atoms with E-state index in [0.29, 0.717) is 18.6 Å². The summed E-state index contributed by atoms with van der Waals surface area (Å²) < 4.78 is 5.38. The van der Waals surface area contributed by atoms with Crippen LogP contribution in [-0.4, -0.2) is 37.5 Å². The second-order valence-electron chi connectivity index (χ2n) is 4.85. The van der Waals surface area contributed by atoms with Gasteiger partial charge in [-0.15, -0.1) is 0 Å². The number of rotatable bonds is 7. The number of hydrogen-bond acceptors (Lipinski definition) is 3. The molecule has 0 aromatic heterocycles. The summed E-state index contributed by atoms with van der Waals surface area (Å²) in [5, 5.41) is 12.5. The molecule has 0 radical (unpaired) electrons. The van der Waals surface area contributed by atoms with Gasteiger partial charge in [0.1, 0.15) is 0 Å². The summed E-state index contributed by atoms with van der Waals surface area (Å²) in [4.78, 5) is 0. The van der Waals surface area contributed by atoms with Crippen molar-refractivity contribution in [1.29, 1.82) is 0 Å². The first-order valence-corrected chi connectivity index (χ1v) is 5.42. The second-order valence-corrected chi connectivity index (χ2v) is 4.85. The van der Waals surface area contributed by atoms with Crippen LogP contribution in [0.4, 0.5) is 0 Å². The van der Waals surface area contributed by atoms with E-state index in [1.54, 1.807) is 0 Å². The Morgan fingerprint density at radius 3 is 2.50 bits per heavy atom. The van der Waals surface area contributed by atoms with Gasteiger partial charge in [-0.1, -0.05) is 27.7 Å². The van der Waals surface area contributed by atoms with Crippen LogP contribution in [0.15, 0.2) is 0 Å². The Morgan fingerprint density at radius 1 is 1.36 bits per heavy atom. The largest absolute Gasteiger partial charge is 0.389 e. The molecule has 0 heterocycles. The van der Waals surface area contributed by atoms with Crippen molar-refractivity contribution in [3.8, 4) is 0 Å². The highest BCUT2D eigenvalue weighted by Gasteiger charge is 2.10. The van der Waals surface area contributed by atoms with Gasteiger partial charge >= 0.3 is 0 Å². The third kappa shape index (κ3) is 9.96. The van der Waals surface area contributed by atoms with E-state index >= 15 is 0 Å². The predicted molar refractivity (Wildman–Crippen MR) is 59.4 cm³/mol. The van der Waals surface area contributed by atoms with Crippen LogP contribution >= 0.6 is 0 Å². The lowest BCUT2D eigenvalue weighted by atomic mass is 9.93. The molecule has 3 nitrogen and oxygen atoms in total. The number of aliphatic hydroxyl groups excluding tert-OH is 1. The summed E-state index contributed by atoms with van der Waals surface area (Å²) in [6, 6.07) is 0. The molecule has 3 heteroatoms. The smallest absolute Gasteiger partial charge is 0.0897 e. The van der Waals surface area contributed by atoms with Gasteiger partial charge in [-0.05, 0) is 18.4 Å². The minimum Gasteiger partial charge on any atom is -0.389 e. The van der Waals surface area contributed by atoms with Crippen molar-refractivity contribution in [2.45, 2.75) is 40.2 Å². The highest BCUT2D eigenvalue weighted by molar-refractivity contribution is 4.61. The van der Waals surface area contributed by atoms with Crippen LogP contribution < -0.4 is 5.32 Å². The predicted octanol–water partition coefficient (Wildman–Crippen LogP) is 1.41. The zero-order valence-corrected chi connectivity index (χ0v) is 9.97. The monoisotopic (exact) mass is 203 g/mol. The van der Waals surface area contributed by atoms with Crippen LogP contribution in [0.5, 0.6) is 0 Å². The summed E-state index contributed by atoms with van der Waals surface area (Å²) in [5.41, 5.74) is 0.312. The number of nitrogens with one attached hydrogen (secondary N) is 1. The maximum absolute atomic E-state index is 9.42. The van der Waals surface area contributed by atoms with Gasteiger partial charge in [0, 0.05) is 13.2 Å². The summed E-state index contributed by atoms with van der Waals surface area (Å²) in [6.07, 6.45) is 0.649. The van der Waals surface area contributed by atoms with E-state index < -0.39 is 0 Å². The molecule has 0 amide bonds. The third-order valence-corrected chi connectivity index (χ3v) is 1.94. The Bertz CT molecular complexity index is 132. The van der Waals surface area contributed by atoms with Crippen LogP contribution in [0.1, 0.15) is 34.1 Å². The average Bonchev–Trinajstić information content (AvgIpc) is 2.07. The molecule has 0 saturated heterocycles. The highest BCUT2D eigenvalue weighted by atomic mass is 16.5. The lowest BCUT2D eigenvalue weighted by Gasteiger charge is -2.18. The fourth-order valence-electron chi connectivity index (χ4n) is 0.968. The maximum Gasteiger partial charge on any atom is 0.0897 e. The van der Waals surface area contributed by atoms with Crippen molar-refractivity contribution in [1.82, 2.24) is 5.32 Å². The quantitative estimate of drug-likeness (QED) is 0.615. The molecule has 0 aliphatic rings. The summed E-state index contributed by atoms with van der Waals surface area (Å²) in [7, 11) is 0. The van der Waals surface area contributed by atoms with Gasteiger partial charge in [0.05, 0.1) is 12.7 Å². The molecule has 0 bridgehead atoms. The van der Waals surface area contributed by atoms with Gasteiger partial charge in [0.2, 0.25) is 0 Å². The van der Waals surface area contributed by atoms with Gasteiger partial charge in [0.25, 0.3) is 0 Å². The molecule has 86 valence electrons. The zero-order chi connectivity index (χ0) is 11.0. The van der Waals surface area contributed by atoms with E-state index in [9.17, 15) is 5.11 Å². The van der Waals surface area contributed by atoms with Crippen LogP contribution in [0.2, 0.25) is 0 Å². The Balaban J connectivity index is 3.27. The highest BCUT2D eigenvalue weighted by Crippen LogP contribution is 2.17. The Morgan fingerprint density at radius 2 is 2.00 bits per heavy atom. The van der Waals surface area contributed by atoms with Crippen LogP contribution in [0.3, 0.4) is 0 Å². The first-order chi connectivity index (χ1) is 6.45. The normalized spacial score (nSPS) is 14.4. The third-order valence-electron chi connectivity index (χ3n) is 1.94. The number of likely N-dealkylation sites (N-methyl/N-ethyl adjacent to an activating group) is 1. The minimum absolute atomic E-state index is 0.312. The van der Waals surface area contributed by atoms with Gasteiger partial charge in [-0.2, -0.15) is 0 Å². The Hall–Kier alpha value is -0.120. The molecular formula is C11H25NO2. The molecule has 0 fully saturated rings. The molecule has 0 aromatic carbocycles. The molecule has 0 spiro atoms. The average molecular weight is 203 g/mol. The van der Waals surface area contributed by atoms with Gasteiger partial charge in [-0.3, -0.25) is 0 Å². The number of ether oxygens (including phenoxy) is 1. The first-order valence-electron chi connectivity index (χ1n) is 5.42. The SMILES string of the molecule is CCNCC(O)COCCC(C)(C)C. The number of hydrogen-bond donors (Lipinski definition) is 2. The summed E-state index contributed by atoms with van der Waals surface area (Å²) in [5.74, 6) is 0. The minimum atomic E-state index is -0.380. The fraction of sp³-hybridized carbons (Fsp3) is 1.00. The lowest BCUT2D eigenvalue weighted by molar-refractivity contribution is 0.0277. The van der Waals surface area contributed by atoms with Crippen molar-refractivity contribution < 1.29 is 9.84 Å². The van der Waals surface area contributed by atoms with Crippen molar-refractivity contribution in [3.05, 3.63) is 0 Å². The van der Waals surface area contributed by atoms with Gasteiger partial charge < -0.3 is 15.2 Å². The molecule has 0 saturated carbocycles. The molecule has 1 unspecified atom stereocenters. The molecular weight excluding hydrogens is 178 g/mol. The van der Waals surface area contributed by atoms with E-state index in [0.717, 1.165) is 19.6 Å². The van der Waals surface area contributed by atoms with E-state index in [4.69, 9.17) is 4.74 Å². The molecule has 14 heavy (non-hydrogen) atoms. The molecule has 2 N–H and O–H groups in total. The molecule has 1 atom stereocenters. The summed E-state index contributed by atoms with van der Waals surface area (Å²) >= 11 is 0. The molecule has 0 rings (SSSR count). The van der Waals surface area contributed by atoms with Crippen molar-refractivity contribution in [2.75, 3.05) is 26.3 Å². The van der Waals surface area contributed by atoms with Gasteiger partial charge in [0.15, 0.2) is 0 Å². The van der Waals surface area contributed by atoms with E-state index in [-0.39, 0.29) is 6.10 Å². The van der Waals surface area contributed by atoms with Crippen molar-refractivity contribution in [3.63, 3.8) is 0 Å².